The third-order valence-electron chi connectivity index (χ3n) is 5.85. The van der Waals surface area contributed by atoms with Gasteiger partial charge in [0.1, 0.15) is 41.1 Å². The minimum Gasteiger partial charge on any atom is -0.494 e. The minimum absolute atomic E-state index is 0.0362. The lowest BCUT2D eigenvalue weighted by Gasteiger charge is -2.12. The second kappa shape index (κ2) is 10.6. The number of ether oxygens (including phenoxy) is 1. The summed E-state index contributed by atoms with van der Waals surface area (Å²) in [5, 5.41) is 11.8. The average molecular weight is 482 g/mol. The molecule has 2 aliphatic rings. The van der Waals surface area contributed by atoms with Crippen LogP contribution in [0.4, 0.5) is 14.7 Å². The van der Waals surface area contributed by atoms with Gasteiger partial charge in [0.15, 0.2) is 0 Å². The van der Waals surface area contributed by atoms with Crippen molar-refractivity contribution < 1.29 is 13.5 Å². The molecule has 0 radical (unpaired) electrons. The van der Waals surface area contributed by atoms with Crippen molar-refractivity contribution in [1.82, 2.24) is 29.5 Å². The number of hydrogen-bond donors (Lipinski definition) is 1. The van der Waals surface area contributed by atoms with E-state index in [-0.39, 0.29) is 23.4 Å². The normalized spacial score (nSPS) is 20.1. The molecule has 8 nitrogen and oxygen atoms in total. The van der Waals surface area contributed by atoms with Crippen molar-refractivity contribution in [2.75, 3.05) is 12.4 Å². The van der Waals surface area contributed by atoms with Gasteiger partial charge in [-0.15, -0.1) is 5.10 Å². The Labute approximate surface area is 203 Å². The van der Waals surface area contributed by atoms with Crippen LogP contribution in [-0.4, -0.2) is 36.6 Å². The fraction of sp³-hybridized carbons (Fsp3) is 0.360. The summed E-state index contributed by atoms with van der Waals surface area (Å²) in [5.74, 6) is 1.33. The molecule has 1 aliphatic heterocycles. The van der Waals surface area contributed by atoms with Gasteiger partial charge in [-0.1, -0.05) is 25.2 Å². The van der Waals surface area contributed by atoms with Crippen LogP contribution in [0.15, 0.2) is 72.0 Å². The molecule has 0 amide bonds. The molecule has 4 rings (SSSR count). The number of halogens is 2. The third-order valence-corrected chi connectivity index (χ3v) is 5.85. The number of nitrogens with zero attached hydrogens (tertiary/aromatic N) is 6. The molecular formula is C25H29F2N7O. The van der Waals surface area contributed by atoms with Crippen molar-refractivity contribution in [2.45, 2.75) is 52.0 Å². The molecule has 0 aromatic carbocycles. The van der Waals surface area contributed by atoms with Gasteiger partial charge in [0.05, 0.1) is 12.8 Å². The first-order valence-corrected chi connectivity index (χ1v) is 11.5. The van der Waals surface area contributed by atoms with Crippen molar-refractivity contribution in [3.63, 3.8) is 0 Å². The molecule has 0 bridgehead atoms. The Hall–Kier alpha value is -3.82. The Bertz CT molecular complexity index is 1260. The van der Waals surface area contributed by atoms with E-state index in [1.165, 1.54) is 37.2 Å². The van der Waals surface area contributed by atoms with Gasteiger partial charge in [-0.25, -0.2) is 23.1 Å². The highest BCUT2D eigenvalue weighted by Crippen LogP contribution is 2.30. The molecule has 1 unspecified atom stereocenters. The van der Waals surface area contributed by atoms with Crippen LogP contribution < -0.4 is 5.32 Å². The quantitative estimate of drug-likeness (QED) is 0.415. The van der Waals surface area contributed by atoms with Crippen LogP contribution in [0.3, 0.4) is 0 Å². The first-order chi connectivity index (χ1) is 16.8. The lowest BCUT2D eigenvalue weighted by molar-refractivity contribution is 0.306. The number of methoxy groups -OCH3 is 1. The van der Waals surface area contributed by atoms with E-state index in [1.807, 2.05) is 4.68 Å². The largest absolute Gasteiger partial charge is 0.494 e. The minimum atomic E-state index is -0.466. The number of aryl methyl sites for hydroxylation is 2. The highest BCUT2D eigenvalue weighted by molar-refractivity contribution is 5.60. The summed E-state index contributed by atoms with van der Waals surface area (Å²) in [6, 6.07) is 0. The molecular weight excluding hydrogens is 452 g/mol. The fourth-order valence-electron chi connectivity index (χ4n) is 4.00. The second-order valence-electron chi connectivity index (χ2n) is 8.45. The summed E-state index contributed by atoms with van der Waals surface area (Å²) >= 11 is 0. The number of rotatable bonds is 7. The van der Waals surface area contributed by atoms with Crippen LogP contribution in [0.2, 0.25) is 0 Å². The monoisotopic (exact) mass is 481 g/mol. The van der Waals surface area contributed by atoms with Gasteiger partial charge in [0.2, 0.25) is 5.95 Å². The van der Waals surface area contributed by atoms with Crippen molar-refractivity contribution in [3.05, 3.63) is 83.6 Å². The smallest absolute Gasteiger partial charge is 0.246 e. The number of anilines is 1. The van der Waals surface area contributed by atoms with Crippen LogP contribution in [0.5, 0.6) is 0 Å². The molecule has 3 heterocycles. The van der Waals surface area contributed by atoms with E-state index in [2.05, 4.69) is 33.2 Å². The van der Waals surface area contributed by atoms with E-state index in [0.29, 0.717) is 23.7 Å². The molecule has 0 saturated heterocycles. The highest BCUT2D eigenvalue weighted by Gasteiger charge is 2.23. The van der Waals surface area contributed by atoms with Gasteiger partial charge in [0.25, 0.3) is 0 Å². The van der Waals surface area contributed by atoms with E-state index in [0.717, 1.165) is 37.2 Å². The van der Waals surface area contributed by atoms with Gasteiger partial charge in [-0.3, -0.25) is 0 Å². The van der Waals surface area contributed by atoms with E-state index in [1.54, 1.807) is 19.1 Å². The molecule has 0 spiro atoms. The number of hydrogen-bond acceptors (Lipinski definition) is 6. The molecule has 10 heteroatoms. The van der Waals surface area contributed by atoms with Crippen LogP contribution in [0.25, 0.3) is 5.70 Å². The molecule has 184 valence electrons. The van der Waals surface area contributed by atoms with Crippen LogP contribution >= 0.6 is 0 Å². The Morgan fingerprint density at radius 2 is 2.11 bits per heavy atom. The SMILES string of the molecule is C=C(C(=CC(Nc1nc2n(n1)CCCCC2C=C1C=CC(F)=CC1)=C(C)F)OC)n1cnc(C)n1. The lowest BCUT2D eigenvalue weighted by Crippen LogP contribution is -2.07. The highest BCUT2D eigenvalue weighted by atomic mass is 19.1. The standard InChI is InChI=1S/C25H29F2N7O/c1-16(26)22(14-23(35-4)17(2)34-15-28-18(3)31-34)29-25-30-24-20(7-5-6-12-33(24)32-25)13-19-8-10-21(27)11-9-19/h8,10-11,13-15,20H,2,5-7,9,12H2,1,3-4H3,(H,29,32). The zero-order valence-electron chi connectivity index (χ0n) is 20.1. The average Bonchev–Trinajstić information content (AvgIpc) is 3.40. The maximum absolute atomic E-state index is 14.5. The summed E-state index contributed by atoms with van der Waals surface area (Å²) in [6.45, 7) is 7.81. The van der Waals surface area contributed by atoms with Gasteiger partial charge in [0, 0.05) is 18.5 Å². The van der Waals surface area contributed by atoms with E-state index < -0.39 is 5.83 Å². The lowest BCUT2D eigenvalue weighted by atomic mass is 9.96. The van der Waals surface area contributed by atoms with Crippen molar-refractivity contribution >= 4 is 11.6 Å². The third kappa shape index (κ3) is 5.82. The molecule has 1 aliphatic carbocycles. The van der Waals surface area contributed by atoms with Gasteiger partial charge in [-0.05, 0) is 50.8 Å². The Balaban J connectivity index is 1.59. The first kappa shape index (κ1) is 24.3. The second-order valence-corrected chi connectivity index (χ2v) is 8.45. The molecule has 2 aromatic rings. The Kier molecular flexibility index (Phi) is 7.38. The number of aromatic nitrogens is 6. The fourth-order valence-corrected chi connectivity index (χ4v) is 4.00. The van der Waals surface area contributed by atoms with Gasteiger partial charge < -0.3 is 10.1 Å². The van der Waals surface area contributed by atoms with Crippen molar-refractivity contribution in [1.29, 1.82) is 0 Å². The van der Waals surface area contributed by atoms with Crippen LogP contribution in [0.1, 0.15) is 50.2 Å². The predicted octanol–water partition coefficient (Wildman–Crippen LogP) is 5.50. The predicted molar refractivity (Wildman–Crippen MR) is 130 cm³/mol. The van der Waals surface area contributed by atoms with Crippen LogP contribution in [-0.2, 0) is 11.3 Å². The topological polar surface area (TPSA) is 82.7 Å². The molecule has 35 heavy (non-hydrogen) atoms. The number of fused-ring (bicyclic) bond motifs is 1. The summed E-state index contributed by atoms with van der Waals surface area (Å²) < 4.78 is 36.6. The molecule has 2 aromatic heterocycles. The summed E-state index contributed by atoms with van der Waals surface area (Å²) in [6.07, 6.45) is 13.4. The maximum Gasteiger partial charge on any atom is 0.246 e. The number of nitrogens with one attached hydrogen (secondary N) is 1. The molecule has 1 atom stereocenters. The molecule has 1 N–H and O–H groups in total. The van der Waals surface area contributed by atoms with E-state index in [9.17, 15) is 8.78 Å². The van der Waals surface area contributed by atoms with E-state index in [4.69, 9.17) is 9.72 Å². The van der Waals surface area contributed by atoms with Crippen LogP contribution in [0, 0.1) is 6.92 Å². The summed E-state index contributed by atoms with van der Waals surface area (Å²) in [7, 11) is 1.47. The van der Waals surface area contributed by atoms with Gasteiger partial charge >= 0.3 is 0 Å². The van der Waals surface area contributed by atoms with Crippen molar-refractivity contribution in [2.24, 2.45) is 0 Å². The van der Waals surface area contributed by atoms with E-state index >= 15 is 0 Å². The zero-order chi connectivity index (χ0) is 24.9. The number of allylic oxidation sites excluding steroid dienone is 9. The molecule has 0 fully saturated rings. The maximum atomic E-state index is 14.5. The van der Waals surface area contributed by atoms with Crippen molar-refractivity contribution in [3.8, 4) is 0 Å². The van der Waals surface area contributed by atoms with Gasteiger partial charge in [-0.2, -0.15) is 10.1 Å². The summed E-state index contributed by atoms with van der Waals surface area (Å²) in [5.41, 5.74) is 1.59. The molecule has 0 saturated carbocycles. The Morgan fingerprint density at radius 3 is 2.77 bits per heavy atom. The summed E-state index contributed by atoms with van der Waals surface area (Å²) in [4.78, 5) is 8.78. The Morgan fingerprint density at radius 1 is 1.29 bits per heavy atom. The zero-order valence-corrected chi connectivity index (χ0v) is 20.1. The first-order valence-electron chi connectivity index (χ1n) is 11.5.